The normalized spacial score (nSPS) is 28.9. The van der Waals surface area contributed by atoms with Gasteiger partial charge in [0.2, 0.25) is 0 Å². The van der Waals surface area contributed by atoms with Crippen molar-refractivity contribution >= 4 is 0 Å². The molecule has 1 aromatic carbocycles. The van der Waals surface area contributed by atoms with E-state index in [1.807, 2.05) is 12.1 Å². The second-order valence-corrected chi connectivity index (χ2v) is 6.47. The third-order valence-electron chi connectivity index (χ3n) is 5.37. The molecule has 2 fully saturated rings. The Balaban J connectivity index is 1.86. The molecule has 0 aromatic heterocycles. The molecule has 1 aromatic rings. The lowest BCUT2D eigenvalue weighted by Crippen LogP contribution is -2.48. The van der Waals surface area contributed by atoms with E-state index in [1.54, 1.807) is 0 Å². The van der Waals surface area contributed by atoms with E-state index in [2.05, 4.69) is 24.0 Å². The summed E-state index contributed by atoms with van der Waals surface area (Å²) in [6, 6.07) is 9.06. The van der Waals surface area contributed by atoms with Crippen molar-refractivity contribution in [1.82, 2.24) is 4.90 Å². The van der Waals surface area contributed by atoms with Crippen molar-refractivity contribution < 1.29 is 5.11 Å². The Labute approximate surface area is 122 Å². The van der Waals surface area contributed by atoms with Crippen molar-refractivity contribution in [2.75, 3.05) is 6.54 Å². The number of benzene rings is 1. The Morgan fingerprint density at radius 3 is 2.70 bits per heavy atom. The van der Waals surface area contributed by atoms with Gasteiger partial charge in [-0.3, -0.25) is 4.90 Å². The van der Waals surface area contributed by atoms with Gasteiger partial charge in [0.1, 0.15) is 5.75 Å². The molecule has 0 amide bonds. The monoisotopic (exact) mass is 273 g/mol. The van der Waals surface area contributed by atoms with Crippen molar-refractivity contribution in [1.29, 1.82) is 0 Å². The predicted molar refractivity (Wildman–Crippen MR) is 82.8 cm³/mol. The zero-order valence-corrected chi connectivity index (χ0v) is 12.6. The minimum absolute atomic E-state index is 0.391. The number of para-hydroxylation sites is 1. The van der Waals surface area contributed by atoms with Crippen molar-refractivity contribution in [2.45, 2.75) is 64.0 Å². The van der Waals surface area contributed by atoms with E-state index in [1.165, 1.54) is 45.1 Å². The van der Waals surface area contributed by atoms with Crippen LogP contribution in [-0.2, 0) is 0 Å². The summed E-state index contributed by atoms with van der Waals surface area (Å²) in [5.74, 6) is 1.37. The fourth-order valence-electron chi connectivity index (χ4n) is 4.45. The topological polar surface area (TPSA) is 23.5 Å². The lowest BCUT2D eigenvalue weighted by molar-refractivity contribution is 0.0227. The van der Waals surface area contributed by atoms with Crippen molar-refractivity contribution in [3.63, 3.8) is 0 Å². The zero-order chi connectivity index (χ0) is 13.9. The largest absolute Gasteiger partial charge is 0.508 e. The molecule has 1 heterocycles. The van der Waals surface area contributed by atoms with Crippen LogP contribution in [0.3, 0.4) is 0 Å². The smallest absolute Gasteiger partial charge is 0.120 e. The van der Waals surface area contributed by atoms with Crippen LogP contribution in [0.5, 0.6) is 5.75 Å². The number of hydrogen-bond acceptors (Lipinski definition) is 2. The summed E-state index contributed by atoms with van der Waals surface area (Å²) in [7, 11) is 0. The van der Waals surface area contributed by atoms with Crippen molar-refractivity contribution in [2.24, 2.45) is 5.92 Å². The maximum Gasteiger partial charge on any atom is 0.120 e. The molecule has 0 spiro atoms. The molecule has 1 saturated carbocycles. The number of piperidine rings is 1. The number of fused-ring (bicyclic) bond motifs is 1. The van der Waals surface area contributed by atoms with Crippen LogP contribution in [0, 0.1) is 5.92 Å². The van der Waals surface area contributed by atoms with Gasteiger partial charge in [-0.1, -0.05) is 38.0 Å². The van der Waals surface area contributed by atoms with Gasteiger partial charge in [0, 0.05) is 17.6 Å². The second kappa shape index (κ2) is 6.17. The van der Waals surface area contributed by atoms with Crippen LogP contribution in [0.15, 0.2) is 24.3 Å². The number of nitrogens with zero attached hydrogens (tertiary/aromatic N) is 1. The van der Waals surface area contributed by atoms with Gasteiger partial charge in [0.15, 0.2) is 0 Å². The molecule has 20 heavy (non-hydrogen) atoms. The van der Waals surface area contributed by atoms with Crippen LogP contribution in [0.25, 0.3) is 0 Å². The Morgan fingerprint density at radius 2 is 1.90 bits per heavy atom. The first-order chi connectivity index (χ1) is 9.81. The fourth-order valence-corrected chi connectivity index (χ4v) is 4.45. The quantitative estimate of drug-likeness (QED) is 0.876. The molecule has 0 bridgehead atoms. The average Bonchev–Trinajstić information content (AvgIpc) is 2.50. The van der Waals surface area contributed by atoms with Crippen molar-refractivity contribution in [3.8, 4) is 5.75 Å². The van der Waals surface area contributed by atoms with Crippen LogP contribution < -0.4 is 0 Å². The maximum atomic E-state index is 10.2. The molecule has 1 saturated heterocycles. The summed E-state index contributed by atoms with van der Waals surface area (Å²) in [5.41, 5.74) is 1.13. The highest BCUT2D eigenvalue weighted by molar-refractivity contribution is 5.34. The molecule has 1 aliphatic carbocycles. The Morgan fingerprint density at radius 1 is 1.15 bits per heavy atom. The summed E-state index contributed by atoms with van der Waals surface area (Å²) in [5, 5.41) is 10.2. The van der Waals surface area contributed by atoms with Gasteiger partial charge in [-0.2, -0.15) is 0 Å². The Hall–Kier alpha value is -1.02. The fraction of sp³-hybridized carbons (Fsp3) is 0.667. The first-order valence-corrected chi connectivity index (χ1v) is 8.35. The number of aromatic hydroxyl groups is 1. The molecule has 2 nitrogen and oxygen atoms in total. The Bertz CT molecular complexity index is 443. The van der Waals surface area contributed by atoms with Gasteiger partial charge < -0.3 is 5.11 Å². The third-order valence-corrected chi connectivity index (χ3v) is 5.37. The highest BCUT2D eigenvalue weighted by atomic mass is 16.3. The average molecular weight is 273 g/mol. The molecular formula is C18H27NO. The van der Waals surface area contributed by atoms with Crippen LogP contribution in [0.2, 0.25) is 0 Å². The SMILES string of the molecule is CCC(c1ccccc1O)N1CCCC2CCCCC21. The molecule has 1 aliphatic heterocycles. The van der Waals surface area contributed by atoms with E-state index in [0.29, 0.717) is 11.8 Å². The lowest BCUT2D eigenvalue weighted by Gasteiger charge is -2.47. The number of phenols is 1. The summed E-state index contributed by atoms with van der Waals surface area (Å²) < 4.78 is 0. The molecule has 1 N–H and O–H groups in total. The molecule has 3 atom stereocenters. The predicted octanol–water partition coefficient (Wildman–Crippen LogP) is 4.50. The number of hydrogen-bond donors (Lipinski definition) is 1. The molecule has 0 radical (unpaired) electrons. The first-order valence-electron chi connectivity index (χ1n) is 8.35. The molecule has 2 heteroatoms. The molecule has 3 rings (SSSR count). The van der Waals surface area contributed by atoms with E-state index >= 15 is 0 Å². The maximum absolute atomic E-state index is 10.2. The minimum atomic E-state index is 0.391. The Kier molecular flexibility index (Phi) is 4.30. The zero-order valence-electron chi connectivity index (χ0n) is 12.6. The molecule has 110 valence electrons. The highest BCUT2D eigenvalue weighted by Gasteiger charge is 2.37. The number of rotatable bonds is 3. The van der Waals surface area contributed by atoms with Gasteiger partial charge in [-0.25, -0.2) is 0 Å². The standard InChI is InChI=1S/C18H27NO/c1-2-16(15-10-4-6-12-18(15)20)19-13-7-9-14-8-3-5-11-17(14)19/h4,6,10,12,14,16-17,20H,2-3,5,7-9,11,13H2,1H3. The molecule has 3 unspecified atom stereocenters. The highest BCUT2D eigenvalue weighted by Crippen LogP contribution is 2.41. The van der Waals surface area contributed by atoms with E-state index < -0.39 is 0 Å². The lowest BCUT2D eigenvalue weighted by atomic mass is 9.77. The van der Waals surface area contributed by atoms with Gasteiger partial charge >= 0.3 is 0 Å². The first kappa shape index (κ1) is 13.9. The van der Waals surface area contributed by atoms with E-state index in [4.69, 9.17) is 0 Å². The van der Waals surface area contributed by atoms with Crippen LogP contribution >= 0.6 is 0 Å². The second-order valence-electron chi connectivity index (χ2n) is 6.47. The summed E-state index contributed by atoms with van der Waals surface area (Å²) in [6.07, 6.45) is 9.40. The van der Waals surface area contributed by atoms with Gasteiger partial charge in [0.25, 0.3) is 0 Å². The van der Waals surface area contributed by atoms with Crippen molar-refractivity contribution in [3.05, 3.63) is 29.8 Å². The minimum Gasteiger partial charge on any atom is -0.508 e. The summed E-state index contributed by atoms with van der Waals surface area (Å²) in [6.45, 7) is 3.46. The van der Waals surface area contributed by atoms with E-state index in [-0.39, 0.29) is 0 Å². The van der Waals surface area contributed by atoms with Crippen LogP contribution in [-0.4, -0.2) is 22.6 Å². The van der Waals surface area contributed by atoms with E-state index in [0.717, 1.165) is 23.9 Å². The number of likely N-dealkylation sites (tertiary alicyclic amines) is 1. The number of phenolic OH excluding ortho intramolecular Hbond substituents is 1. The molecule has 2 aliphatic rings. The summed E-state index contributed by atoms with van der Waals surface area (Å²) in [4.78, 5) is 2.71. The van der Waals surface area contributed by atoms with Gasteiger partial charge in [0.05, 0.1) is 0 Å². The third kappa shape index (κ3) is 2.58. The van der Waals surface area contributed by atoms with Gasteiger partial charge in [-0.05, 0) is 50.6 Å². The van der Waals surface area contributed by atoms with Crippen LogP contribution in [0.4, 0.5) is 0 Å². The van der Waals surface area contributed by atoms with E-state index in [9.17, 15) is 5.11 Å². The van der Waals surface area contributed by atoms with Gasteiger partial charge in [-0.15, -0.1) is 0 Å². The van der Waals surface area contributed by atoms with Crippen LogP contribution in [0.1, 0.15) is 63.5 Å². The summed E-state index contributed by atoms with van der Waals surface area (Å²) >= 11 is 0. The molecular weight excluding hydrogens is 246 g/mol.